The van der Waals surface area contributed by atoms with Gasteiger partial charge in [0.15, 0.2) is 0 Å². The molecule has 1 aliphatic heterocycles. The number of carboxylic acid groups (broad SMARTS) is 1. The highest BCUT2D eigenvalue weighted by Crippen LogP contribution is 2.38. The lowest BCUT2D eigenvalue weighted by atomic mass is 9.82. The van der Waals surface area contributed by atoms with Gasteiger partial charge in [0.05, 0.1) is 29.3 Å². The Morgan fingerprint density at radius 2 is 1.60 bits per heavy atom. The zero-order valence-electron chi connectivity index (χ0n) is 24.2. The van der Waals surface area contributed by atoms with E-state index in [2.05, 4.69) is 15.1 Å². The van der Waals surface area contributed by atoms with E-state index in [0.29, 0.717) is 36.1 Å². The van der Waals surface area contributed by atoms with E-state index in [1.165, 1.54) is 22.2 Å². The van der Waals surface area contributed by atoms with E-state index in [0.717, 1.165) is 0 Å². The number of rotatable bonds is 8. The van der Waals surface area contributed by atoms with Crippen LogP contribution in [0.25, 0.3) is 11.1 Å². The van der Waals surface area contributed by atoms with Crippen LogP contribution in [0.4, 0.5) is 37.1 Å². The van der Waals surface area contributed by atoms with Gasteiger partial charge in [-0.25, -0.2) is 14.8 Å². The molecule has 2 aliphatic rings. The number of anilines is 1. The lowest BCUT2D eigenvalue weighted by Gasteiger charge is -2.34. The second kappa shape index (κ2) is 12.2. The van der Waals surface area contributed by atoms with E-state index in [1.807, 2.05) is 6.92 Å². The molecule has 2 fully saturated rings. The molecule has 1 aliphatic carbocycles. The smallest absolute Gasteiger partial charge is 0.416 e. The van der Waals surface area contributed by atoms with E-state index in [4.69, 9.17) is 9.84 Å². The second-order valence-electron chi connectivity index (χ2n) is 11.3. The third-order valence-corrected chi connectivity index (χ3v) is 8.18. The Morgan fingerprint density at radius 1 is 0.978 bits per heavy atom. The average molecular weight is 641 g/mol. The number of benzene rings is 1. The molecule has 0 bridgehead atoms. The van der Waals surface area contributed by atoms with Gasteiger partial charge in [-0.3, -0.25) is 9.48 Å². The molecule has 242 valence electrons. The first-order chi connectivity index (χ1) is 21.1. The average Bonchev–Trinajstić information content (AvgIpc) is 3.58. The van der Waals surface area contributed by atoms with Crippen LogP contribution in [-0.4, -0.2) is 66.5 Å². The zero-order valence-corrected chi connectivity index (χ0v) is 24.2. The molecule has 2 atom stereocenters. The highest BCUT2D eigenvalue weighted by molar-refractivity contribution is 5.72. The van der Waals surface area contributed by atoms with Gasteiger partial charge in [-0.2, -0.15) is 31.4 Å². The Bertz CT molecular complexity index is 1500. The number of ether oxygens (including phenoxy) is 1. The normalized spacial score (nSPS) is 21.8. The van der Waals surface area contributed by atoms with Crippen molar-refractivity contribution in [3.05, 3.63) is 59.7 Å². The van der Waals surface area contributed by atoms with E-state index in [9.17, 15) is 35.9 Å². The zero-order chi connectivity index (χ0) is 32.7. The molecule has 1 saturated heterocycles. The molecule has 0 spiro atoms. The first-order valence-corrected chi connectivity index (χ1v) is 14.2. The molecule has 1 aromatic carbocycles. The van der Waals surface area contributed by atoms with Crippen molar-refractivity contribution in [2.45, 2.75) is 69.7 Å². The van der Waals surface area contributed by atoms with Gasteiger partial charge < -0.3 is 19.6 Å². The predicted molar refractivity (Wildman–Crippen MR) is 147 cm³/mol. The van der Waals surface area contributed by atoms with Gasteiger partial charge in [-0.1, -0.05) is 6.92 Å². The van der Waals surface area contributed by atoms with Crippen LogP contribution < -0.4 is 4.90 Å². The fourth-order valence-corrected chi connectivity index (χ4v) is 5.66. The maximum absolute atomic E-state index is 13.6. The number of aliphatic carboxylic acids is 1. The molecule has 1 N–H and O–H groups in total. The monoisotopic (exact) mass is 640 g/mol. The molecule has 2 aromatic heterocycles. The van der Waals surface area contributed by atoms with Crippen LogP contribution in [0.2, 0.25) is 0 Å². The van der Waals surface area contributed by atoms with Crippen molar-refractivity contribution in [2.24, 2.45) is 13.0 Å². The van der Waals surface area contributed by atoms with Crippen molar-refractivity contribution in [1.82, 2.24) is 24.6 Å². The van der Waals surface area contributed by atoms with Gasteiger partial charge >= 0.3 is 24.4 Å². The third-order valence-electron chi connectivity index (χ3n) is 8.18. The molecular weight excluding hydrogens is 610 g/mol. The second-order valence-corrected chi connectivity index (χ2v) is 11.3. The summed E-state index contributed by atoms with van der Waals surface area (Å²) in [5.41, 5.74) is -1.86. The summed E-state index contributed by atoms with van der Waals surface area (Å²) in [5.74, 6) is -1.51. The standard InChI is InChI=1S/C29H30F6N6O4/c1-3-22-9-23(15-41(22)27(44)45-24-6-17(7-24)25(42)43)40(26-36-10-18(11-37-26)19-12-38-39(2)14-19)13-16-4-20(28(30,31)32)8-21(5-16)29(33,34)35/h4-5,8,10-12,14,17,22-24H,3,6-7,9,13,15H2,1-2H3,(H,42,43)/t17-,22-,23+,24+/m1/s1. The van der Waals surface area contributed by atoms with Crippen molar-refractivity contribution in [1.29, 1.82) is 0 Å². The lowest BCUT2D eigenvalue weighted by molar-refractivity contribution is -0.149. The molecular formula is C29H30F6N6O4. The number of carbonyl (C=O) groups is 2. The summed E-state index contributed by atoms with van der Waals surface area (Å²) in [4.78, 5) is 36.0. The van der Waals surface area contributed by atoms with Crippen molar-refractivity contribution in [3.8, 4) is 11.1 Å². The Hall–Kier alpha value is -4.37. The number of carboxylic acids is 1. The van der Waals surface area contributed by atoms with Gasteiger partial charge in [0.25, 0.3) is 0 Å². The molecule has 0 radical (unpaired) electrons. The maximum atomic E-state index is 13.6. The van der Waals surface area contributed by atoms with Gasteiger partial charge in [0.2, 0.25) is 5.95 Å². The minimum Gasteiger partial charge on any atom is -0.481 e. The number of halogens is 6. The molecule has 5 rings (SSSR count). The van der Waals surface area contributed by atoms with Crippen molar-refractivity contribution < 1.29 is 45.8 Å². The Kier molecular flexibility index (Phi) is 8.68. The summed E-state index contributed by atoms with van der Waals surface area (Å²) < 4.78 is 89.0. The molecule has 10 nitrogen and oxygen atoms in total. The number of nitrogens with zero attached hydrogens (tertiary/aromatic N) is 6. The number of aryl methyl sites for hydroxylation is 1. The quantitative estimate of drug-likeness (QED) is 0.309. The number of alkyl halides is 6. The highest BCUT2D eigenvalue weighted by atomic mass is 19.4. The number of amides is 1. The minimum absolute atomic E-state index is 0.0330. The Morgan fingerprint density at radius 3 is 2.11 bits per heavy atom. The fraction of sp³-hybridized carbons (Fsp3) is 0.483. The van der Waals surface area contributed by atoms with Crippen LogP contribution in [0.3, 0.4) is 0 Å². The molecule has 1 amide bonds. The molecule has 3 aromatic rings. The topological polar surface area (TPSA) is 114 Å². The largest absolute Gasteiger partial charge is 0.481 e. The fourth-order valence-electron chi connectivity index (χ4n) is 5.66. The summed E-state index contributed by atoms with van der Waals surface area (Å²) in [5, 5.41) is 13.2. The minimum atomic E-state index is -5.02. The highest BCUT2D eigenvalue weighted by Gasteiger charge is 2.43. The molecule has 0 unspecified atom stereocenters. The van der Waals surface area contributed by atoms with Crippen molar-refractivity contribution in [2.75, 3.05) is 11.4 Å². The molecule has 16 heteroatoms. The third kappa shape index (κ3) is 7.14. The summed E-state index contributed by atoms with van der Waals surface area (Å²) in [6, 6.07) is 0.453. The van der Waals surface area contributed by atoms with Crippen LogP contribution in [0, 0.1) is 5.92 Å². The van der Waals surface area contributed by atoms with Gasteiger partial charge in [-0.05, 0) is 49.4 Å². The van der Waals surface area contributed by atoms with Gasteiger partial charge in [0.1, 0.15) is 6.10 Å². The SMILES string of the molecule is CC[C@@H]1C[C@H](N(Cc2cc(C(F)(F)F)cc(C(F)(F)F)c2)c2ncc(-c3cnn(C)c3)cn2)CN1C(=O)O[C@H]1C[C@@H](C(=O)O)C1. The maximum Gasteiger partial charge on any atom is 0.416 e. The summed E-state index contributed by atoms with van der Waals surface area (Å²) in [6.07, 6.45) is -3.81. The van der Waals surface area contributed by atoms with E-state index in [-0.39, 0.29) is 43.0 Å². The van der Waals surface area contributed by atoms with Gasteiger partial charge in [0, 0.05) is 55.9 Å². The number of aromatic nitrogens is 4. The molecule has 1 saturated carbocycles. The first-order valence-electron chi connectivity index (χ1n) is 14.2. The predicted octanol–water partition coefficient (Wildman–Crippen LogP) is 5.77. The molecule has 45 heavy (non-hydrogen) atoms. The van der Waals surface area contributed by atoms with Crippen LogP contribution in [0.1, 0.15) is 49.3 Å². The number of carbonyl (C=O) groups excluding carboxylic acids is 1. The summed E-state index contributed by atoms with van der Waals surface area (Å²) >= 11 is 0. The van der Waals surface area contributed by atoms with Crippen LogP contribution >= 0.6 is 0 Å². The van der Waals surface area contributed by atoms with Gasteiger partial charge in [-0.15, -0.1) is 0 Å². The van der Waals surface area contributed by atoms with E-state index >= 15 is 0 Å². The van der Waals surface area contributed by atoms with Crippen LogP contribution in [-0.2, 0) is 35.5 Å². The summed E-state index contributed by atoms with van der Waals surface area (Å²) in [7, 11) is 1.72. The van der Waals surface area contributed by atoms with E-state index < -0.39 is 60.2 Å². The molecule has 3 heterocycles. The van der Waals surface area contributed by atoms with Crippen LogP contribution in [0.5, 0.6) is 0 Å². The van der Waals surface area contributed by atoms with Crippen molar-refractivity contribution >= 4 is 18.0 Å². The Balaban J connectivity index is 1.45. The number of hydrogen-bond donors (Lipinski definition) is 1. The summed E-state index contributed by atoms with van der Waals surface area (Å²) in [6.45, 7) is 1.46. The first kappa shape index (κ1) is 32.0. The lowest BCUT2D eigenvalue weighted by Crippen LogP contribution is -2.44. The van der Waals surface area contributed by atoms with E-state index in [1.54, 1.807) is 24.1 Å². The van der Waals surface area contributed by atoms with Crippen molar-refractivity contribution in [3.63, 3.8) is 0 Å². The Labute approximate surface area is 253 Å². The number of likely N-dealkylation sites (tertiary alicyclic amines) is 1. The van der Waals surface area contributed by atoms with Crippen LogP contribution in [0.15, 0.2) is 43.0 Å². The number of hydrogen-bond acceptors (Lipinski definition) is 7.